The fourth-order valence-corrected chi connectivity index (χ4v) is 2.62. The van der Waals surface area contributed by atoms with Gasteiger partial charge in [0.15, 0.2) is 0 Å². The lowest BCUT2D eigenvalue weighted by Crippen LogP contribution is -2.44. The molecule has 1 aliphatic rings. The maximum Gasteiger partial charge on any atom is 0.330 e. The van der Waals surface area contributed by atoms with Crippen molar-refractivity contribution in [2.45, 2.75) is 40.0 Å². The highest BCUT2D eigenvalue weighted by atomic mass is 16.7. The Morgan fingerprint density at radius 2 is 1.82 bits per heavy atom. The molecule has 0 aromatic heterocycles. The van der Waals surface area contributed by atoms with Gasteiger partial charge in [-0.1, -0.05) is 30.3 Å². The van der Waals surface area contributed by atoms with Crippen molar-refractivity contribution >= 4 is 12.3 Å². The Balaban J connectivity index is 1.94. The van der Waals surface area contributed by atoms with Gasteiger partial charge < -0.3 is 9.63 Å². The number of hydrogen-bond acceptors (Lipinski definition) is 4. The molecule has 1 fully saturated rings. The molecule has 1 aromatic carbocycles. The number of carbonyl (C=O) groups is 2. The molecule has 0 aliphatic carbocycles. The summed E-state index contributed by atoms with van der Waals surface area (Å²) in [5, 5.41) is 1.69. The van der Waals surface area contributed by atoms with Crippen LogP contribution in [0.15, 0.2) is 30.3 Å². The molecule has 0 spiro atoms. The molecule has 0 bridgehead atoms. The smallest absolute Gasteiger partial charge is 0.330 e. The molecule has 4 nitrogen and oxygen atoms in total. The first-order valence-electron chi connectivity index (χ1n) is 7.82. The quantitative estimate of drug-likeness (QED) is 0.802. The molecule has 0 N–H and O–H groups in total. The number of hydrogen-bond donors (Lipinski definition) is 0. The first kappa shape index (κ1) is 16.7. The predicted octanol–water partition coefficient (Wildman–Crippen LogP) is 3.01. The number of piperidine rings is 1. The van der Waals surface area contributed by atoms with Crippen LogP contribution in [-0.2, 0) is 20.8 Å². The minimum atomic E-state index is -0.511. The summed E-state index contributed by atoms with van der Waals surface area (Å²) in [5.74, 6) is -0.228. The predicted molar refractivity (Wildman–Crippen MR) is 85.0 cm³/mol. The van der Waals surface area contributed by atoms with Gasteiger partial charge in [0.2, 0.25) is 0 Å². The van der Waals surface area contributed by atoms with Crippen molar-refractivity contribution in [3.05, 3.63) is 35.9 Å². The van der Waals surface area contributed by atoms with Crippen LogP contribution in [0.2, 0.25) is 0 Å². The Morgan fingerprint density at radius 1 is 1.23 bits per heavy atom. The van der Waals surface area contributed by atoms with E-state index in [-0.39, 0.29) is 11.4 Å². The SMILES string of the molecule is CC(C)(C)C(=O)ON1CCC(C=O)(Cc2ccccc2)CC1. The Morgan fingerprint density at radius 3 is 2.32 bits per heavy atom. The van der Waals surface area contributed by atoms with Crippen LogP contribution in [0.5, 0.6) is 0 Å². The van der Waals surface area contributed by atoms with Gasteiger partial charge in [0, 0.05) is 18.5 Å². The maximum absolute atomic E-state index is 11.9. The third-order valence-electron chi connectivity index (χ3n) is 4.19. The molecule has 0 saturated carbocycles. The second kappa shape index (κ2) is 6.61. The third-order valence-corrected chi connectivity index (χ3v) is 4.19. The van der Waals surface area contributed by atoms with Gasteiger partial charge in [-0.15, -0.1) is 5.06 Å². The molecular weight excluding hydrogens is 278 g/mol. The van der Waals surface area contributed by atoms with Crippen molar-refractivity contribution in [3.8, 4) is 0 Å². The highest BCUT2D eigenvalue weighted by Crippen LogP contribution is 2.33. The van der Waals surface area contributed by atoms with Gasteiger partial charge in [-0.3, -0.25) is 0 Å². The van der Waals surface area contributed by atoms with Crippen LogP contribution in [0.4, 0.5) is 0 Å². The molecule has 1 saturated heterocycles. The van der Waals surface area contributed by atoms with E-state index in [1.165, 1.54) is 5.56 Å². The summed E-state index contributed by atoms with van der Waals surface area (Å²) in [4.78, 5) is 29.0. The molecule has 0 unspecified atom stereocenters. The van der Waals surface area contributed by atoms with E-state index in [1.54, 1.807) is 5.06 Å². The molecule has 1 heterocycles. The topological polar surface area (TPSA) is 46.6 Å². The van der Waals surface area contributed by atoms with Crippen LogP contribution in [0.3, 0.4) is 0 Å². The zero-order chi connectivity index (χ0) is 16.2. The number of nitrogens with zero attached hydrogens (tertiary/aromatic N) is 1. The van der Waals surface area contributed by atoms with E-state index in [0.29, 0.717) is 25.9 Å². The Kier molecular flexibility index (Phi) is 5.01. The fourth-order valence-electron chi connectivity index (χ4n) is 2.62. The van der Waals surface area contributed by atoms with Gasteiger partial charge in [-0.2, -0.15) is 0 Å². The molecule has 0 radical (unpaired) electrons. The highest BCUT2D eigenvalue weighted by molar-refractivity contribution is 5.75. The zero-order valence-corrected chi connectivity index (χ0v) is 13.7. The molecule has 22 heavy (non-hydrogen) atoms. The van der Waals surface area contributed by atoms with Crippen LogP contribution in [0.1, 0.15) is 39.2 Å². The first-order chi connectivity index (χ1) is 10.3. The Hall–Kier alpha value is -1.68. The molecule has 1 aromatic rings. The van der Waals surface area contributed by atoms with E-state index in [4.69, 9.17) is 4.84 Å². The summed E-state index contributed by atoms with van der Waals surface area (Å²) < 4.78 is 0. The molecule has 120 valence electrons. The Labute approximate surface area is 132 Å². The van der Waals surface area contributed by atoms with Crippen LogP contribution < -0.4 is 0 Å². The second-order valence-electron chi connectivity index (χ2n) is 7.20. The van der Waals surface area contributed by atoms with Crippen LogP contribution in [0.25, 0.3) is 0 Å². The van der Waals surface area contributed by atoms with Crippen LogP contribution in [-0.4, -0.2) is 30.4 Å². The van der Waals surface area contributed by atoms with E-state index in [9.17, 15) is 9.59 Å². The highest BCUT2D eigenvalue weighted by Gasteiger charge is 2.36. The molecule has 0 atom stereocenters. The zero-order valence-electron chi connectivity index (χ0n) is 13.7. The second-order valence-corrected chi connectivity index (χ2v) is 7.20. The average Bonchev–Trinajstić information content (AvgIpc) is 2.49. The third kappa shape index (κ3) is 4.17. The largest absolute Gasteiger partial charge is 0.367 e. The summed E-state index contributed by atoms with van der Waals surface area (Å²) in [7, 11) is 0. The fraction of sp³-hybridized carbons (Fsp3) is 0.556. The molecule has 4 heteroatoms. The van der Waals surface area contributed by atoms with E-state index in [1.807, 2.05) is 39.0 Å². The van der Waals surface area contributed by atoms with Gasteiger partial charge in [-0.05, 0) is 45.6 Å². The molecule has 0 amide bonds. The van der Waals surface area contributed by atoms with Gasteiger partial charge in [0.1, 0.15) is 6.29 Å². The van der Waals surface area contributed by atoms with Crippen molar-refractivity contribution in [3.63, 3.8) is 0 Å². The van der Waals surface area contributed by atoms with Crippen molar-refractivity contribution < 1.29 is 14.4 Å². The van der Waals surface area contributed by atoms with E-state index < -0.39 is 5.41 Å². The van der Waals surface area contributed by atoms with Crippen molar-refractivity contribution in [1.29, 1.82) is 0 Å². The van der Waals surface area contributed by atoms with Gasteiger partial charge in [0.25, 0.3) is 0 Å². The van der Waals surface area contributed by atoms with E-state index in [2.05, 4.69) is 12.1 Å². The van der Waals surface area contributed by atoms with Crippen molar-refractivity contribution in [1.82, 2.24) is 5.06 Å². The number of benzene rings is 1. The summed E-state index contributed by atoms with van der Waals surface area (Å²) in [6, 6.07) is 10.1. The minimum absolute atomic E-state index is 0.228. The van der Waals surface area contributed by atoms with Crippen LogP contribution >= 0.6 is 0 Å². The van der Waals surface area contributed by atoms with E-state index in [0.717, 1.165) is 12.7 Å². The summed E-state index contributed by atoms with van der Waals surface area (Å²) in [5.41, 5.74) is 0.324. The molecule has 2 rings (SSSR count). The van der Waals surface area contributed by atoms with Crippen LogP contribution in [0, 0.1) is 10.8 Å². The van der Waals surface area contributed by atoms with Gasteiger partial charge in [0.05, 0.1) is 5.41 Å². The lowest BCUT2D eigenvalue weighted by Gasteiger charge is -2.37. The normalized spacial score (nSPS) is 18.7. The average molecular weight is 303 g/mol. The standard InChI is InChI=1S/C18H25NO3/c1-17(2,3)16(21)22-19-11-9-18(14-20,10-12-19)13-15-7-5-4-6-8-15/h4-8,14H,9-13H2,1-3H3. The first-order valence-corrected chi connectivity index (χ1v) is 7.82. The minimum Gasteiger partial charge on any atom is -0.367 e. The Bertz CT molecular complexity index is 511. The maximum atomic E-state index is 11.9. The molecule has 1 aliphatic heterocycles. The monoisotopic (exact) mass is 303 g/mol. The number of carbonyl (C=O) groups excluding carboxylic acids is 2. The summed E-state index contributed by atoms with van der Waals surface area (Å²) in [6.07, 6.45) is 3.26. The number of rotatable bonds is 4. The number of aldehydes is 1. The summed E-state index contributed by atoms with van der Waals surface area (Å²) in [6.45, 7) is 6.72. The van der Waals surface area contributed by atoms with Gasteiger partial charge in [-0.25, -0.2) is 4.79 Å². The molecular formula is C18H25NO3. The lowest BCUT2D eigenvalue weighted by molar-refractivity contribution is -0.208. The van der Waals surface area contributed by atoms with E-state index >= 15 is 0 Å². The van der Waals surface area contributed by atoms with Crippen molar-refractivity contribution in [2.75, 3.05) is 13.1 Å². The van der Waals surface area contributed by atoms with Gasteiger partial charge >= 0.3 is 5.97 Å². The van der Waals surface area contributed by atoms with Crippen molar-refractivity contribution in [2.24, 2.45) is 10.8 Å². The lowest BCUT2D eigenvalue weighted by atomic mass is 9.75. The number of hydroxylamine groups is 2. The summed E-state index contributed by atoms with van der Waals surface area (Å²) >= 11 is 0.